The lowest BCUT2D eigenvalue weighted by molar-refractivity contribution is 0.0664. The molecule has 0 heterocycles. The van der Waals surface area contributed by atoms with Crippen molar-refractivity contribution in [3.8, 4) is 0 Å². The van der Waals surface area contributed by atoms with Crippen molar-refractivity contribution in [1.29, 1.82) is 0 Å². The molecule has 0 aliphatic carbocycles. The number of carbonyl (C=O) groups excluding carboxylic acids is 2. The van der Waals surface area contributed by atoms with E-state index in [0.29, 0.717) is 5.56 Å². The molecule has 2 aromatic rings. The summed E-state index contributed by atoms with van der Waals surface area (Å²) in [4.78, 5) is 22.0. The highest BCUT2D eigenvalue weighted by atomic mass is 35.5. The Labute approximate surface area is 96.6 Å². The summed E-state index contributed by atoms with van der Waals surface area (Å²) in [7, 11) is 0. The lowest BCUT2D eigenvalue weighted by Gasteiger charge is -2.03. The zero-order chi connectivity index (χ0) is 11.5. The van der Waals surface area contributed by atoms with E-state index in [9.17, 15) is 9.59 Å². The number of benzene rings is 2. The molecule has 0 aliphatic heterocycles. The maximum atomic E-state index is 11.5. The standard InChI is InChI=1S/C12H7ClO3/c13-12(15)16-11(14)10-7-3-5-8-4-1-2-6-9(8)10/h1-7H. The molecule has 0 saturated carbocycles. The fourth-order valence-corrected chi connectivity index (χ4v) is 1.60. The fraction of sp³-hybridized carbons (Fsp3) is 0. The summed E-state index contributed by atoms with van der Waals surface area (Å²) in [6.45, 7) is 0. The molecule has 0 radical (unpaired) electrons. The molecule has 0 bridgehead atoms. The van der Waals surface area contributed by atoms with Crippen molar-refractivity contribution in [2.75, 3.05) is 0 Å². The largest absolute Gasteiger partial charge is 0.411 e. The Morgan fingerprint density at radius 2 is 1.69 bits per heavy atom. The predicted octanol–water partition coefficient (Wildman–Crippen LogP) is 3.36. The number of hydrogen-bond donors (Lipinski definition) is 0. The third kappa shape index (κ3) is 2.04. The Balaban J connectivity index is 2.52. The van der Waals surface area contributed by atoms with Gasteiger partial charge in [0.05, 0.1) is 5.56 Å². The normalized spacial score (nSPS) is 10.1. The molecule has 0 N–H and O–H groups in total. The first-order valence-electron chi connectivity index (χ1n) is 4.58. The van der Waals surface area contributed by atoms with E-state index in [1.807, 2.05) is 24.3 Å². The minimum atomic E-state index is -1.13. The molecular weight excluding hydrogens is 228 g/mol. The van der Waals surface area contributed by atoms with E-state index in [0.717, 1.165) is 10.8 Å². The molecule has 0 aromatic heterocycles. The molecule has 0 fully saturated rings. The van der Waals surface area contributed by atoms with Crippen molar-refractivity contribution in [2.24, 2.45) is 0 Å². The van der Waals surface area contributed by atoms with E-state index < -0.39 is 11.4 Å². The van der Waals surface area contributed by atoms with Gasteiger partial charge in [0.2, 0.25) is 0 Å². The van der Waals surface area contributed by atoms with Crippen LogP contribution in [0.2, 0.25) is 0 Å². The molecule has 0 spiro atoms. The van der Waals surface area contributed by atoms with Crippen LogP contribution < -0.4 is 0 Å². The lowest BCUT2D eigenvalue weighted by atomic mass is 10.1. The van der Waals surface area contributed by atoms with Crippen LogP contribution in [-0.2, 0) is 4.74 Å². The van der Waals surface area contributed by atoms with Crippen LogP contribution >= 0.6 is 11.6 Å². The molecule has 16 heavy (non-hydrogen) atoms. The summed E-state index contributed by atoms with van der Waals surface area (Å²) < 4.78 is 4.33. The van der Waals surface area contributed by atoms with Gasteiger partial charge in [0.1, 0.15) is 0 Å². The molecular formula is C12H7ClO3. The van der Waals surface area contributed by atoms with E-state index in [2.05, 4.69) is 4.74 Å². The van der Waals surface area contributed by atoms with Gasteiger partial charge in [-0.3, -0.25) is 0 Å². The minimum Gasteiger partial charge on any atom is -0.377 e. The van der Waals surface area contributed by atoms with Crippen LogP contribution in [-0.4, -0.2) is 11.4 Å². The third-order valence-corrected chi connectivity index (χ3v) is 2.26. The van der Waals surface area contributed by atoms with Crippen LogP contribution in [0.4, 0.5) is 4.79 Å². The van der Waals surface area contributed by atoms with Gasteiger partial charge in [-0.1, -0.05) is 36.4 Å². The van der Waals surface area contributed by atoms with Crippen molar-refractivity contribution >= 4 is 33.8 Å². The number of fused-ring (bicyclic) bond motifs is 1. The molecule has 80 valence electrons. The monoisotopic (exact) mass is 234 g/mol. The van der Waals surface area contributed by atoms with Gasteiger partial charge in [-0.05, 0) is 16.8 Å². The van der Waals surface area contributed by atoms with E-state index >= 15 is 0 Å². The number of esters is 1. The Morgan fingerprint density at radius 1 is 1.00 bits per heavy atom. The molecule has 4 heteroatoms. The van der Waals surface area contributed by atoms with Gasteiger partial charge in [-0.15, -0.1) is 0 Å². The quantitative estimate of drug-likeness (QED) is 0.432. The van der Waals surface area contributed by atoms with Crippen molar-refractivity contribution < 1.29 is 14.3 Å². The van der Waals surface area contributed by atoms with Gasteiger partial charge in [0.25, 0.3) is 0 Å². The number of hydrogen-bond acceptors (Lipinski definition) is 3. The molecule has 0 aliphatic rings. The van der Waals surface area contributed by atoms with Crippen LogP contribution in [0.25, 0.3) is 10.8 Å². The van der Waals surface area contributed by atoms with Gasteiger partial charge in [0, 0.05) is 11.6 Å². The molecule has 2 aromatic carbocycles. The zero-order valence-corrected chi connectivity index (χ0v) is 8.90. The van der Waals surface area contributed by atoms with Crippen molar-refractivity contribution in [3.05, 3.63) is 48.0 Å². The van der Waals surface area contributed by atoms with Crippen LogP contribution in [0, 0.1) is 0 Å². The summed E-state index contributed by atoms with van der Waals surface area (Å²) in [5, 5.41) is 1.63. The maximum Gasteiger partial charge on any atom is 0.411 e. The first-order valence-corrected chi connectivity index (χ1v) is 4.95. The second-order valence-corrected chi connectivity index (χ2v) is 3.46. The van der Waals surface area contributed by atoms with Crippen LogP contribution in [0.1, 0.15) is 10.4 Å². The topological polar surface area (TPSA) is 43.4 Å². The van der Waals surface area contributed by atoms with Crippen LogP contribution in [0.5, 0.6) is 0 Å². The van der Waals surface area contributed by atoms with Crippen molar-refractivity contribution in [1.82, 2.24) is 0 Å². The Morgan fingerprint density at radius 3 is 2.44 bits per heavy atom. The average molecular weight is 235 g/mol. The first kappa shape index (κ1) is 10.6. The van der Waals surface area contributed by atoms with E-state index in [4.69, 9.17) is 11.6 Å². The van der Waals surface area contributed by atoms with Crippen molar-refractivity contribution in [2.45, 2.75) is 0 Å². The van der Waals surface area contributed by atoms with E-state index in [1.54, 1.807) is 18.2 Å². The SMILES string of the molecule is O=C(Cl)OC(=O)c1cccc2ccccc12. The summed E-state index contributed by atoms with van der Waals surface area (Å²) in [6.07, 6.45) is 0. The van der Waals surface area contributed by atoms with Crippen LogP contribution in [0.3, 0.4) is 0 Å². The van der Waals surface area contributed by atoms with E-state index in [1.165, 1.54) is 0 Å². The second kappa shape index (κ2) is 4.33. The molecule has 0 saturated heterocycles. The Hall–Kier alpha value is -1.87. The predicted molar refractivity (Wildman–Crippen MR) is 60.6 cm³/mol. The highest BCUT2D eigenvalue weighted by molar-refractivity contribution is 6.62. The summed E-state index contributed by atoms with van der Waals surface area (Å²) in [5.74, 6) is -0.739. The van der Waals surface area contributed by atoms with Crippen molar-refractivity contribution in [3.63, 3.8) is 0 Å². The van der Waals surface area contributed by atoms with Gasteiger partial charge in [-0.2, -0.15) is 0 Å². The van der Waals surface area contributed by atoms with Gasteiger partial charge >= 0.3 is 11.4 Å². The number of halogens is 1. The zero-order valence-electron chi connectivity index (χ0n) is 8.14. The Kier molecular flexibility index (Phi) is 2.88. The van der Waals surface area contributed by atoms with Crippen LogP contribution in [0.15, 0.2) is 42.5 Å². The molecule has 0 amide bonds. The minimum absolute atomic E-state index is 0.326. The summed E-state index contributed by atoms with van der Waals surface area (Å²) in [5.41, 5.74) is -0.801. The number of ether oxygens (including phenoxy) is 1. The first-order chi connectivity index (χ1) is 7.68. The summed E-state index contributed by atoms with van der Waals surface area (Å²) >= 11 is 4.99. The van der Waals surface area contributed by atoms with Gasteiger partial charge in [-0.25, -0.2) is 9.59 Å². The smallest absolute Gasteiger partial charge is 0.377 e. The van der Waals surface area contributed by atoms with Gasteiger partial charge < -0.3 is 4.74 Å². The second-order valence-electron chi connectivity index (χ2n) is 3.15. The van der Waals surface area contributed by atoms with E-state index in [-0.39, 0.29) is 0 Å². The summed E-state index contributed by atoms with van der Waals surface area (Å²) in [6, 6.07) is 12.5. The lowest BCUT2D eigenvalue weighted by Crippen LogP contribution is -2.07. The number of carbonyl (C=O) groups is 2. The third-order valence-electron chi connectivity index (χ3n) is 2.18. The molecule has 0 unspecified atom stereocenters. The molecule has 3 nitrogen and oxygen atoms in total. The highest BCUT2D eigenvalue weighted by Crippen LogP contribution is 2.19. The fourth-order valence-electron chi connectivity index (χ4n) is 1.53. The number of rotatable bonds is 1. The van der Waals surface area contributed by atoms with Gasteiger partial charge in [0.15, 0.2) is 0 Å². The highest BCUT2D eigenvalue weighted by Gasteiger charge is 2.13. The molecule has 0 atom stereocenters. The Bertz CT molecular complexity index is 558. The maximum absolute atomic E-state index is 11.5. The molecule has 2 rings (SSSR count). The average Bonchev–Trinajstić information content (AvgIpc) is 2.27.